The second kappa shape index (κ2) is 10.8. The first kappa shape index (κ1) is 24.9. The molecule has 4 aliphatic rings. The van der Waals surface area contributed by atoms with E-state index in [0.717, 1.165) is 69.5 Å². The van der Waals surface area contributed by atoms with E-state index in [4.69, 9.17) is 0 Å². The van der Waals surface area contributed by atoms with Crippen molar-refractivity contribution in [2.24, 2.45) is 11.3 Å². The summed E-state index contributed by atoms with van der Waals surface area (Å²) in [6.45, 7) is 5.69. The molecule has 6 rings (SSSR count). The molecule has 0 aromatic carbocycles. The number of carbonyl (C=O) groups excluding carboxylic acids is 1. The topological polar surface area (TPSA) is 102 Å². The van der Waals surface area contributed by atoms with Crippen LogP contribution >= 0.6 is 11.3 Å². The summed E-state index contributed by atoms with van der Waals surface area (Å²) >= 11 is 1.43. The van der Waals surface area contributed by atoms with E-state index in [1.165, 1.54) is 43.4 Å². The van der Waals surface area contributed by atoms with Gasteiger partial charge in [-0.05, 0) is 75.5 Å². The number of amides is 1. The Bertz CT molecular complexity index is 1040. The van der Waals surface area contributed by atoms with E-state index in [2.05, 4.69) is 52.8 Å². The number of carbonyl (C=O) groups is 1. The van der Waals surface area contributed by atoms with Gasteiger partial charge in [-0.25, -0.2) is 0 Å². The molecule has 10 nitrogen and oxygen atoms in total. The number of hydrogen-bond donors (Lipinski definition) is 2. The van der Waals surface area contributed by atoms with Crippen LogP contribution in [0.3, 0.4) is 0 Å². The summed E-state index contributed by atoms with van der Waals surface area (Å²) < 4.78 is 0. The molecule has 0 radical (unpaired) electrons. The standard InChI is InChI=1S/C26H39N9OS/c1-33-14-16-34(17-15-33)22(19-5-10-26(11-6-19)8-3-9-26)23(36)29-25-32-31-24(37-25)28-20-7-13-35(18-20)21-4-2-12-27-30-21/h2,4,12,19-20,22H,3,5-11,13-18H2,1H3,(H,28,31)(H,29,32,36)/t20?,22-/m0/s1. The van der Waals surface area contributed by atoms with Gasteiger partial charge in [-0.2, -0.15) is 5.10 Å². The fourth-order valence-corrected chi connectivity index (χ4v) is 7.48. The average Bonchev–Trinajstić information content (AvgIpc) is 3.55. The van der Waals surface area contributed by atoms with Crippen LogP contribution in [0.4, 0.5) is 16.1 Å². The van der Waals surface area contributed by atoms with Crippen LogP contribution in [0.5, 0.6) is 0 Å². The number of likely N-dealkylation sites (N-methyl/N-ethyl adjacent to an activating group) is 1. The Balaban J connectivity index is 1.07. The van der Waals surface area contributed by atoms with Gasteiger partial charge in [0.1, 0.15) is 0 Å². The Hall–Kier alpha value is -2.37. The number of aromatic nitrogens is 4. The molecule has 200 valence electrons. The van der Waals surface area contributed by atoms with Gasteiger partial charge in [0.05, 0.1) is 6.04 Å². The number of nitrogens with one attached hydrogen (secondary N) is 2. The molecule has 2 aliphatic heterocycles. The molecule has 0 bridgehead atoms. The van der Waals surface area contributed by atoms with Gasteiger partial charge in [0.25, 0.3) is 0 Å². The van der Waals surface area contributed by atoms with Gasteiger partial charge in [-0.15, -0.1) is 15.3 Å². The van der Waals surface area contributed by atoms with Gasteiger partial charge in [0.2, 0.25) is 16.2 Å². The smallest absolute Gasteiger partial charge is 0.243 e. The Kier molecular flexibility index (Phi) is 7.27. The van der Waals surface area contributed by atoms with Gasteiger partial charge in [0.15, 0.2) is 5.82 Å². The zero-order valence-electron chi connectivity index (χ0n) is 21.8. The molecule has 37 heavy (non-hydrogen) atoms. The molecule has 1 unspecified atom stereocenters. The molecule has 2 atom stereocenters. The molecule has 11 heteroatoms. The lowest BCUT2D eigenvalue weighted by Crippen LogP contribution is -2.56. The molecule has 1 spiro atoms. The largest absolute Gasteiger partial charge is 0.355 e. The molecular formula is C26H39N9OS. The minimum absolute atomic E-state index is 0.0817. The fraction of sp³-hybridized carbons (Fsp3) is 0.731. The molecule has 2 saturated heterocycles. The fourth-order valence-electron chi connectivity index (χ4n) is 6.76. The zero-order chi connectivity index (χ0) is 25.2. The van der Waals surface area contributed by atoms with Crippen molar-refractivity contribution in [3.63, 3.8) is 0 Å². The summed E-state index contributed by atoms with van der Waals surface area (Å²) in [6.07, 6.45) is 11.8. The van der Waals surface area contributed by atoms with E-state index in [1.807, 2.05) is 12.1 Å². The second-order valence-corrected chi connectivity index (χ2v) is 12.5. The molecule has 2 saturated carbocycles. The SMILES string of the molecule is CN1CCN([C@H](C(=O)Nc2nnc(NC3CCN(c4cccnn4)C3)s2)C2CCC3(CCC3)CC2)CC1. The van der Waals surface area contributed by atoms with Gasteiger partial charge >= 0.3 is 0 Å². The van der Waals surface area contributed by atoms with E-state index < -0.39 is 0 Å². The second-order valence-electron chi connectivity index (χ2n) is 11.5. The maximum atomic E-state index is 13.7. The van der Waals surface area contributed by atoms with Crippen molar-refractivity contribution in [1.29, 1.82) is 0 Å². The predicted octanol–water partition coefficient (Wildman–Crippen LogP) is 2.93. The highest BCUT2D eigenvalue weighted by Gasteiger charge is 2.44. The van der Waals surface area contributed by atoms with Gasteiger partial charge in [-0.3, -0.25) is 15.0 Å². The minimum Gasteiger partial charge on any atom is -0.355 e. The summed E-state index contributed by atoms with van der Waals surface area (Å²) in [5, 5.41) is 24.9. The van der Waals surface area contributed by atoms with Crippen LogP contribution < -0.4 is 15.5 Å². The number of anilines is 3. The van der Waals surface area contributed by atoms with Crippen LogP contribution in [-0.2, 0) is 4.79 Å². The predicted molar refractivity (Wildman–Crippen MR) is 146 cm³/mol. The summed E-state index contributed by atoms with van der Waals surface area (Å²) in [5.41, 5.74) is 0.600. The third kappa shape index (κ3) is 5.58. The Morgan fingerprint density at radius 3 is 2.51 bits per heavy atom. The van der Waals surface area contributed by atoms with Crippen molar-refractivity contribution in [1.82, 2.24) is 30.2 Å². The van der Waals surface area contributed by atoms with Crippen LogP contribution in [0, 0.1) is 11.3 Å². The van der Waals surface area contributed by atoms with E-state index >= 15 is 0 Å². The maximum Gasteiger partial charge on any atom is 0.243 e. The number of nitrogens with zero attached hydrogens (tertiary/aromatic N) is 7. The Morgan fingerprint density at radius 2 is 1.81 bits per heavy atom. The molecule has 2 aromatic rings. The number of hydrogen-bond acceptors (Lipinski definition) is 10. The zero-order valence-corrected chi connectivity index (χ0v) is 22.6. The molecular weight excluding hydrogens is 486 g/mol. The normalized spacial score (nSPS) is 25.6. The summed E-state index contributed by atoms with van der Waals surface area (Å²) in [7, 11) is 2.17. The number of piperazine rings is 1. The lowest BCUT2D eigenvalue weighted by atomic mass is 9.58. The van der Waals surface area contributed by atoms with Gasteiger partial charge in [-0.1, -0.05) is 17.8 Å². The van der Waals surface area contributed by atoms with Crippen LogP contribution in [-0.4, -0.2) is 94.5 Å². The molecule has 1 amide bonds. The molecule has 4 heterocycles. The van der Waals surface area contributed by atoms with E-state index in [1.54, 1.807) is 6.20 Å². The van der Waals surface area contributed by atoms with E-state index in [-0.39, 0.29) is 18.0 Å². The quantitative estimate of drug-likeness (QED) is 0.565. The Labute approximate surface area is 223 Å². The summed E-state index contributed by atoms with van der Waals surface area (Å²) in [5.74, 6) is 1.42. The first-order chi connectivity index (χ1) is 18.1. The molecule has 2 aliphatic carbocycles. The lowest BCUT2D eigenvalue weighted by molar-refractivity contribution is -0.125. The van der Waals surface area contributed by atoms with Crippen molar-refractivity contribution >= 4 is 33.3 Å². The first-order valence-electron chi connectivity index (χ1n) is 13.9. The molecule has 2 aromatic heterocycles. The lowest BCUT2D eigenvalue weighted by Gasteiger charge is -2.49. The third-order valence-corrected chi connectivity index (χ3v) is 9.97. The maximum absolute atomic E-state index is 13.7. The first-order valence-corrected chi connectivity index (χ1v) is 14.7. The number of rotatable bonds is 7. The van der Waals surface area contributed by atoms with Crippen molar-refractivity contribution in [3.8, 4) is 0 Å². The Morgan fingerprint density at radius 1 is 1.03 bits per heavy atom. The van der Waals surface area contributed by atoms with Crippen molar-refractivity contribution in [2.45, 2.75) is 63.5 Å². The van der Waals surface area contributed by atoms with Gasteiger partial charge < -0.3 is 15.1 Å². The van der Waals surface area contributed by atoms with Gasteiger partial charge in [0, 0.05) is 51.5 Å². The summed E-state index contributed by atoms with van der Waals surface area (Å²) in [4.78, 5) is 20.7. The third-order valence-electron chi connectivity index (χ3n) is 9.20. The van der Waals surface area contributed by atoms with E-state index in [9.17, 15) is 4.79 Å². The van der Waals surface area contributed by atoms with Crippen LogP contribution in [0.25, 0.3) is 0 Å². The van der Waals surface area contributed by atoms with Crippen LogP contribution in [0.2, 0.25) is 0 Å². The van der Waals surface area contributed by atoms with Crippen LogP contribution in [0.15, 0.2) is 18.3 Å². The van der Waals surface area contributed by atoms with Crippen molar-refractivity contribution < 1.29 is 4.79 Å². The highest BCUT2D eigenvalue weighted by molar-refractivity contribution is 7.19. The van der Waals surface area contributed by atoms with Crippen LogP contribution in [0.1, 0.15) is 51.4 Å². The van der Waals surface area contributed by atoms with Crippen molar-refractivity contribution in [2.75, 3.05) is 61.8 Å². The van der Waals surface area contributed by atoms with E-state index in [0.29, 0.717) is 16.5 Å². The minimum atomic E-state index is -0.0817. The molecule has 2 N–H and O–H groups in total. The summed E-state index contributed by atoms with van der Waals surface area (Å²) in [6, 6.07) is 4.08. The monoisotopic (exact) mass is 525 g/mol. The highest BCUT2D eigenvalue weighted by atomic mass is 32.1. The molecule has 4 fully saturated rings. The van der Waals surface area contributed by atoms with Crippen molar-refractivity contribution in [3.05, 3.63) is 18.3 Å². The highest BCUT2D eigenvalue weighted by Crippen LogP contribution is 2.53. The average molecular weight is 526 g/mol.